The van der Waals surface area contributed by atoms with Crippen LogP contribution < -0.4 is 0 Å². The lowest BCUT2D eigenvalue weighted by Crippen LogP contribution is -2.07. The van der Waals surface area contributed by atoms with Gasteiger partial charge in [0, 0.05) is 5.56 Å². The van der Waals surface area contributed by atoms with Crippen LogP contribution in [0, 0.1) is 5.82 Å². The number of esters is 1. The van der Waals surface area contributed by atoms with Crippen molar-refractivity contribution in [3.05, 3.63) is 33.5 Å². The number of aldehydes is 1. The highest BCUT2D eigenvalue weighted by molar-refractivity contribution is 9.10. The third-order valence-electron chi connectivity index (χ3n) is 1.68. The Morgan fingerprint density at radius 3 is 2.80 bits per heavy atom. The number of hydrogen-bond acceptors (Lipinski definition) is 3. The minimum absolute atomic E-state index is 0.00606. The van der Waals surface area contributed by atoms with Crippen LogP contribution in [-0.4, -0.2) is 18.9 Å². The van der Waals surface area contributed by atoms with Crippen molar-refractivity contribution in [3.63, 3.8) is 0 Å². The number of benzene rings is 1. The highest BCUT2D eigenvalue weighted by atomic mass is 79.9. The molecule has 0 aliphatic heterocycles. The summed E-state index contributed by atoms with van der Waals surface area (Å²) in [5, 5.41) is 0. The van der Waals surface area contributed by atoms with Crippen LogP contribution in [-0.2, 0) is 4.74 Å². The van der Waals surface area contributed by atoms with E-state index in [1.165, 1.54) is 6.07 Å². The van der Waals surface area contributed by atoms with Gasteiger partial charge in [0.05, 0.1) is 16.6 Å². The molecule has 5 heteroatoms. The lowest BCUT2D eigenvalue weighted by atomic mass is 10.1. The van der Waals surface area contributed by atoms with Gasteiger partial charge in [-0.05, 0) is 35.0 Å². The van der Waals surface area contributed by atoms with Crippen molar-refractivity contribution in [2.24, 2.45) is 0 Å². The normalized spacial score (nSPS) is 9.80. The topological polar surface area (TPSA) is 43.4 Å². The fraction of sp³-hybridized carbons (Fsp3) is 0.200. The third kappa shape index (κ3) is 2.62. The van der Waals surface area contributed by atoms with Crippen LogP contribution >= 0.6 is 15.9 Å². The molecule has 0 saturated carbocycles. The molecule has 1 rings (SSSR count). The SMILES string of the molecule is CCOC(=O)c1cc(C=O)cc(F)c1Br. The van der Waals surface area contributed by atoms with Crippen LogP contribution in [0.3, 0.4) is 0 Å². The second-order valence-corrected chi connectivity index (χ2v) is 3.50. The zero-order chi connectivity index (χ0) is 11.4. The van der Waals surface area contributed by atoms with Crippen LogP contribution in [0.1, 0.15) is 27.6 Å². The van der Waals surface area contributed by atoms with Crippen molar-refractivity contribution in [3.8, 4) is 0 Å². The fourth-order valence-electron chi connectivity index (χ4n) is 1.04. The molecule has 0 amide bonds. The summed E-state index contributed by atoms with van der Waals surface area (Å²) in [6.45, 7) is 1.84. The molecule has 0 heterocycles. The Kier molecular flexibility index (Phi) is 3.96. The Morgan fingerprint density at radius 1 is 1.60 bits per heavy atom. The van der Waals surface area contributed by atoms with E-state index in [1.807, 2.05) is 0 Å². The molecule has 1 aromatic rings. The van der Waals surface area contributed by atoms with Crippen LogP contribution in [0.25, 0.3) is 0 Å². The van der Waals surface area contributed by atoms with Gasteiger partial charge >= 0.3 is 5.97 Å². The summed E-state index contributed by atoms with van der Waals surface area (Å²) in [5.74, 6) is -1.32. The van der Waals surface area contributed by atoms with E-state index in [2.05, 4.69) is 15.9 Å². The maximum Gasteiger partial charge on any atom is 0.339 e. The van der Waals surface area contributed by atoms with Crippen LogP contribution in [0.2, 0.25) is 0 Å². The fourth-order valence-corrected chi connectivity index (χ4v) is 1.43. The molecule has 3 nitrogen and oxygen atoms in total. The molecular formula is C10H8BrFO3. The molecular weight excluding hydrogens is 267 g/mol. The molecule has 0 atom stereocenters. The number of rotatable bonds is 3. The second kappa shape index (κ2) is 5.02. The van der Waals surface area contributed by atoms with E-state index in [9.17, 15) is 14.0 Å². The van der Waals surface area contributed by atoms with Gasteiger partial charge in [-0.1, -0.05) is 0 Å². The summed E-state index contributed by atoms with van der Waals surface area (Å²) in [5.41, 5.74) is 0.109. The third-order valence-corrected chi connectivity index (χ3v) is 2.49. The van der Waals surface area contributed by atoms with Crippen molar-refractivity contribution in [2.75, 3.05) is 6.61 Å². The maximum absolute atomic E-state index is 13.2. The van der Waals surface area contributed by atoms with Gasteiger partial charge in [-0.3, -0.25) is 4.79 Å². The molecule has 0 unspecified atom stereocenters. The molecule has 0 aliphatic rings. The standard InChI is InChI=1S/C10H8BrFO3/c1-2-15-10(14)7-3-6(5-13)4-8(12)9(7)11/h3-5H,2H2,1H3. The van der Waals surface area contributed by atoms with E-state index < -0.39 is 11.8 Å². The first-order chi connectivity index (χ1) is 7.10. The number of hydrogen-bond donors (Lipinski definition) is 0. The van der Waals surface area contributed by atoms with Crippen molar-refractivity contribution in [1.82, 2.24) is 0 Å². The number of ether oxygens (including phenoxy) is 1. The minimum Gasteiger partial charge on any atom is -0.462 e. The molecule has 0 radical (unpaired) electrons. The zero-order valence-corrected chi connectivity index (χ0v) is 9.51. The first kappa shape index (κ1) is 11.8. The second-order valence-electron chi connectivity index (χ2n) is 2.70. The van der Waals surface area contributed by atoms with Gasteiger partial charge < -0.3 is 4.74 Å². The Morgan fingerprint density at radius 2 is 2.27 bits per heavy atom. The van der Waals surface area contributed by atoms with E-state index in [1.54, 1.807) is 6.92 Å². The number of halogens is 2. The van der Waals surface area contributed by atoms with Crippen LogP contribution in [0.15, 0.2) is 16.6 Å². The first-order valence-corrected chi connectivity index (χ1v) is 5.00. The van der Waals surface area contributed by atoms with Gasteiger partial charge in [0.15, 0.2) is 0 Å². The summed E-state index contributed by atoms with van der Waals surface area (Å²) >= 11 is 2.92. The predicted molar refractivity (Wildman–Crippen MR) is 55.4 cm³/mol. The molecule has 0 fully saturated rings. The van der Waals surface area contributed by atoms with E-state index >= 15 is 0 Å². The lowest BCUT2D eigenvalue weighted by molar-refractivity contribution is 0.0524. The summed E-state index contributed by atoms with van der Waals surface area (Å²) < 4.78 is 17.9. The van der Waals surface area contributed by atoms with Gasteiger partial charge in [0.2, 0.25) is 0 Å². The van der Waals surface area contributed by atoms with Crippen molar-refractivity contribution in [2.45, 2.75) is 6.92 Å². The molecule has 0 bridgehead atoms. The van der Waals surface area contributed by atoms with Crippen LogP contribution in [0.5, 0.6) is 0 Å². The highest BCUT2D eigenvalue weighted by Gasteiger charge is 2.15. The number of carbonyl (C=O) groups excluding carboxylic acids is 2. The van der Waals surface area contributed by atoms with Crippen LogP contribution in [0.4, 0.5) is 4.39 Å². The van der Waals surface area contributed by atoms with E-state index in [4.69, 9.17) is 4.74 Å². The molecule has 0 aromatic heterocycles. The molecule has 15 heavy (non-hydrogen) atoms. The van der Waals surface area contributed by atoms with Crippen molar-refractivity contribution in [1.29, 1.82) is 0 Å². The predicted octanol–water partition coefficient (Wildman–Crippen LogP) is 2.58. The summed E-state index contributed by atoms with van der Waals surface area (Å²) in [6, 6.07) is 2.32. The quantitative estimate of drug-likeness (QED) is 0.629. The van der Waals surface area contributed by atoms with Gasteiger partial charge in [0.1, 0.15) is 12.1 Å². The Hall–Kier alpha value is -1.23. The Balaban J connectivity index is 3.21. The average Bonchev–Trinajstić information content (AvgIpc) is 2.22. The van der Waals surface area contributed by atoms with Gasteiger partial charge in [-0.2, -0.15) is 0 Å². The molecule has 0 saturated heterocycles. The monoisotopic (exact) mass is 274 g/mol. The maximum atomic E-state index is 13.2. The average molecular weight is 275 g/mol. The molecule has 80 valence electrons. The smallest absolute Gasteiger partial charge is 0.339 e. The largest absolute Gasteiger partial charge is 0.462 e. The van der Waals surface area contributed by atoms with Gasteiger partial charge in [-0.25, -0.2) is 9.18 Å². The Labute approximate surface area is 94.4 Å². The molecule has 0 aliphatic carbocycles. The first-order valence-electron chi connectivity index (χ1n) is 4.21. The summed E-state index contributed by atoms with van der Waals surface area (Å²) in [6.07, 6.45) is 0.470. The van der Waals surface area contributed by atoms with E-state index in [0.29, 0.717) is 6.29 Å². The molecule has 0 N–H and O–H groups in total. The molecule has 0 spiro atoms. The van der Waals surface area contributed by atoms with E-state index in [-0.39, 0.29) is 22.2 Å². The number of carbonyl (C=O) groups is 2. The summed E-state index contributed by atoms with van der Waals surface area (Å²) in [4.78, 5) is 21.8. The highest BCUT2D eigenvalue weighted by Crippen LogP contribution is 2.22. The summed E-state index contributed by atoms with van der Waals surface area (Å²) in [7, 11) is 0. The Bertz CT molecular complexity index is 404. The van der Waals surface area contributed by atoms with Gasteiger partial charge in [-0.15, -0.1) is 0 Å². The van der Waals surface area contributed by atoms with Gasteiger partial charge in [0.25, 0.3) is 0 Å². The lowest BCUT2D eigenvalue weighted by Gasteiger charge is -2.05. The van der Waals surface area contributed by atoms with E-state index in [0.717, 1.165) is 6.07 Å². The molecule has 1 aromatic carbocycles. The minimum atomic E-state index is -0.664. The van der Waals surface area contributed by atoms with Crippen molar-refractivity contribution < 1.29 is 18.7 Å². The zero-order valence-electron chi connectivity index (χ0n) is 7.92. The van der Waals surface area contributed by atoms with Crippen molar-refractivity contribution >= 4 is 28.2 Å².